The summed E-state index contributed by atoms with van der Waals surface area (Å²) in [4.78, 5) is 11.5. The lowest BCUT2D eigenvalue weighted by molar-refractivity contribution is -0.118. The topological polar surface area (TPSA) is 17.1 Å². The standard InChI is InChI=1S/C12H16O/c1-9-7-8-11(13)12(9)10-5-3-2-4-6-10/h7-8,10,12H,1-6H2. The molecule has 2 aliphatic rings. The number of allylic oxidation sites excluding steroid dienone is 3. The number of carbonyl (C=O) groups excluding carboxylic acids is 1. The van der Waals surface area contributed by atoms with Gasteiger partial charge in [-0.05, 0) is 30.4 Å². The zero-order valence-corrected chi connectivity index (χ0v) is 7.96. The number of rotatable bonds is 1. The highest BCUT2D eigenvalue weighted by Gasteiger charge is 2.32. The Kier molecular flexibility index (Phi) is 2.34. The van der Waals surface area contributed by atoms with Gasteiger partial charge < -0.3 is 0 Å². The van der Waals surface area contributed by atoms with Gasteiger partial charge in [0.1, 0.15) is 0 Å². The van der Waals surface area contributed by atoms with Crippen LogP contribution >= 0.6 is 0 Å². The minimum absolute atomic E-state index is 0.139. The van der Waals surface area contributed by atoms with E-state index in [1.807, 2.05) is 6.08 Å². The third-order valence-corrected chi connectivity index (χ3v) is 3.29. The summed E-state index contributed by atoms with van der Waals surface area (Å²) in [5.74, 6) is 1.01. The molecule has 1 nitrogen and oxygen atoms in total. The van der Waals surface area contributed by atoms with E-state index in [9.17, 15) is 4.79 Å². The van der Waals surface area contributed by atoms with Crippen LogP contribution in [0.5, 0.6) is 0 Å². The monoisotopic (exact) mass is 176 g/mol. The van der Waals surface area contributed by atoms with Crippen molar-refractivity contribution in [2.24, 2.45) is 11.8 Å². The number of hydrogen-bond acceptors (Lipinski definition) is 1. The van der Waals surface area contributed by atoms with Gasteiger partial charge in [0.25, 0.3) is 0 Å². The maximum atomic E-state index is 11.5. The Balaban J connectivity index is 2.07. The fraction of sp³-hybridized carbons (Fsp3) is 0.583. The molecule has 70 valence electrons. The molecule has 0 N–H and O–H groups in total. The van der Waals surface area contributed by atoms with Crippen molar-refractivity contribution in [1.82, 2.24) is 0 Å². The molecular weight excluding hydrogens is 160 g/mol. The molecule has 0 heterocycles. The van der Waals surface area contributed by atoms with Crippen LogP contribution in [0.1, 0.15) is 32.1 Å². The summed E-state index contributed by atoms with van der Waals surface area (Å²) >= 11 is 0. The number of ketones is 1. The molecule has 0 radical (unpaired) electrons. The molecular formula is C12H16O. The van der Waals surface area contributed by atoms with E-state index in [0.717, 1.165) is 5.57 Å². The van der Waals surface area contributed by atoms with E-state index in [4.69, 9.17) is 0 Å². The fourth-order valence-electron chi connectivity index (χ4n) is 2.58. The van der Waals surface area contributed by atoms with Crippen LogP contribution in [0.4, 0.5) is 0 Å². The highest BCUT2D eigenvalue weighted by atomic mass is 16.1. The van der Waals surface area contributed by atoms with E-state index < -0.39 is 0 Å². The average Bonchev–Trinajstić information content (AvgIpc) is 2.48. The summed E-state index contributed by atoms with van der Waals surface area (Å²) in [5, 5.41) is 0. The molecule has 2 rings (SSSR count). The Labute approximate surface area is 79.5 Å². The van der Waals surface area contributed by atoms with Crippen molar-refractivity contribution in [2.45, 2.75) is 32.1 Å². The second-order valence-electron chi connectivity index (χ2n) is 4.19. The number of hydrogen-bond donors (Lipinski definition) is 0. The van der Waals surface area contributed by atoms with Gasteiger partial charge in [-0.2, -0.15) is 0 Å². The predicted molar refractivity (Wildman–Crippen MR) is 53.4 cm³/mol. The first-order valence-corrected chi connectivity index (χ1v) is 5.20. The first-order valence-electron chi connectivity index (χ1n) is 5.20. The van der Waals surface area contributed by atoms with Gasteiger partial charge in [-0.15, -0.1) is 0 Å². The van der Waals surface area contributed by atoms with Gasteiger partial charge >= 0.3 is 0 Å². The summed E-state index contributed by atoms with van der Waals surface area (Å²) in [5.41, 5.74) is 1.04. The lowest BCUT2D eigenvalue weighted by atomic mass is 9.77. The van der Waals surface area contributed by atoms with Gasteiger partial charge in [0.2, 0.25) is 0 Å². The van der Waals surface area contributed by atoms with Crippen molar-refractivity contribution >= 4 is 5.78 Å². The van der Waals surface area contributed by atoms with Crippen molar-refractivity contribution in [2.75, 3.05) is 0 Å². The van der Waals surface area contributed by atoms with E-state index in [-0.39, 0.29) is 11.7 Å². The highest BCUT2D eigenvalue weighted by molar-refractivity contribution is 5.98. The van der Waals surface area contributed by atoms with Gasteiger partial charge in [0.15, 0.2) is 5.78 Å². The summed E-state index contributed by atoms with van der Waals surface area (Å²) in [6, 6.07) is 0. The Morgan fingerprint density at radius 1 is 1.15 bits per heavy atom. The Morgan fingerprint density at radius 2 is 1.85 bits per heavy atom. The number of carbonyl (C=O) groups is 1. The van der Waals surface area contributed by atoms with Crippen LogP contribution in [-0.2, 0) is 4.79 Å². The summed E-state index contributed by atoms with van der Waals surface area (Å²) in [6.07, 6.45) is 9.96. The van der Waals surface area contributed by atoms with Crippen molar-refractivity contribution in [3.05, 3.63) is 24.3 Å². The molecule has 1 unspecified atom stereocenters. The lowest BCUT2D eigenvalue weighted by Gasteiger charge is -2.26. The van der Waals surface area contributed by atoms with Crippen LogP contribution in [0.25, 0.3) is 0 Å². The van der Waals surface area contributed by atoms with Crippen molar-refractivity contribution in [3.63, 3.8) is 0 Å². The summed E-state index contributed by atoms with van der Waals surface area (Å²) in [6.45, 7) is 3.95. The van der Waals surface area contributed by atoms with Gasteiger partial charge in [-0.25, -0.2) is 0 Å². The molecule has 13 heavy (non-hydrogen) atoms. The molecule has 0 saturated heterocycles. The zero-order chi connectivity index (χ0) is 9.26. The third kappa shape index (κ3) is 1.60. The maximum absolute atomic E-state index is 11.5. The summed E-state index contributed by atoms with van der Waals surface area (Å²) in [7, 11) is 0. The van der Waals surface area contributed by atoms with Crippen LogP contribution in [0.15, 0.2) is 24.3 Å². The predicted octanol–water partition coefficient (Wildman–Crippen LogP) is 2.88. The minimum atomic E-state index is 0.139. The van der Waals surface area contributed by atoms with Gasteiger partial charge in [-0.3, -0.25) is 4.79 Å². The van der Waals surface area contributed by atoms with E-state index in [2.05, 4.69) is 6.58 Å². The van der Waals surface area contributed by atoms with E-state index in [1.165, 1.54) is 32.1 Å². The zero-order valence-electron chi connectivity index (χ0n) is 7.96. The SMILES string of the molecule is C=C1C=CC(=O)C1C1CCCCC1. The molecule has 0 aromatic rings. The molecule has 1 atom stereocenters. The van der Waals surface area contributed by atoms with Crippen molar-refractivity contribution in [3.8, 4) is 0 Å². The van der Waals surface area contributed by atoms with Gasteiger partial charge in [0, 0.05) is 5.92 Å². The van der Waals surface area contributed by atoms with Crippen molar-refractivity contribution < 1.29 is 4.79 Å². The Morgan fingerprint density at radius 3 is 2.38 bits per heavy atom. The van der Waals surface area contributed by atoms with Crippen LogP contribution in [0.3, 0.4) is 0 Å². The second-order valence-corrected chi connectivity index (χ2v) is 4.19. The van der Waals surface area contributed by atoms with Crippen LogP contribution in [-0.4, -0.2) is 5.78 Å². The fourth-order valence-corrected chi connectivity index (χ4v) is 2.58. The smallest absolute Gasteiger partial charge is 0.163 e. The van der Waals surface area contributed by atoms with Crippen LogP contribution in [0.2, 0.25) is 0 Å². The molecule has 0 aliphatic heterocycles. The molecule has 1 fully saturated rings. The van der Waals surface area contributed by atoms with E-state index >= 15 is 0 Å². The molecule has 0 spiro atoms. The quantitative estimate of drug-likeness (QED) is 0.600. The first kappa shape index (κ1) is 8.74. The van der Waals surface area contributed by atoms with E-state index in [0.29, 0.717) is 5.92 Å². The molecule has 0 bridgehead atoms. The maximum Gasteiger partial charge on any atom is 0.163 e. The highest BCUT2D eigenvalue weighted by Crippen LogP contribution is 2.36. The first-order chi connectivity index (χ1) is 6.29. The Bertz CT molecular complexity index is 238. The lowest BCUT2D eigenvalue weighted by Crippen LogP contribution is -2.22. The van der Waals surface area contributed by atoms with Crippen molar-refractivity contribution in [1.29, 1.82) is 0 Å². The van der Waals surface area contributed by atoms with E-state index in [1.54, 1.807) is 6.08 Å². The normalized spacial score (nSPS) is 30.0. The average molecular weight is 176 g/mol. The van der Waals surface area contributed by atoms with Crippen LogP contribution in [0, 0.1) is 11.8 Å². The third-order valence-electron chi connectivity index (χ3n) is 3.29. The van der Waals surface area contributed by atoms with Gasteiger partial charge in [0.05, 0.1) is 0 Å². The molecule has 1 saturated carbocycles. The molecule has 2 aliphatic carbocycles. The molecule has 0 amide bonds. The summed E-state index contributed by atoms with van der Waals surface area (Å²) < 4.78 is 0. The molecule has 0 aromatic carbocycles. The van der Waals surface area contributed by atoms with Crippen LogP contribution < -0.4 is 0 Å². The largest absolute Gasteiger partial charge is 0.294 e. The minimum Gasteiger partial charge on any atom is -0.294 e. The van der Waals surface area contributed by atoms with Gasteiger partial charge in [-0.1, -0.05) is 31.9 Å². The second kappa shape index (κ2) is 3.49. The molecule has 1 heteroatoms. The Hall–Kier alpha value is -0.850. The molecule has 0 aromatic heterocycles.